The van der Waals surface area contributed by atoms with Crippen LogP contribution in [-0.2, 0) is 21.5 Å². The van der Waals surface area contributed by atoms with Gasteiger partial charge in [0.25, 0.3) is 0 Å². The number of nitrogens with one attached hydrogen (secondary N) is 1. The van der Waals surface area contributed by atoms with Crippen molar-refractivity contribution in [3.63, 3.8) is 0 Å². The number of rotatable bonds is 4. The van der Waals surface area contributed by atoms with E-state index in [0.29, 0.717) is 37.6 Å². The molecule has 1 fully saturated rings. The van der Waals surface area contributed by atoms with Crippen LogP contribution in [0.1, 0.15) is 35.4 Å². The molecule has 0 saturated carbocycles. The zero-order valence-corrected chi connectivity index (χ0v) is 14.7. The second kappa shape index (κ2) is 6.95. The SMILES string of the molecule is Cc1noc(C)c1CNC(=O)C1(c2ccccc2Cl)CCOCC1. The molecule has 1 aliphatic heterocycles. The Kier molecular flexibility index (Phi) is 4.92. The van der Waals surface area contributed by atoms with Crippen molar-refractivity contribution in [3.8, 4) is 0 Å². The third kappa shape index (κ3) is 3.06. The summed E-state index contributed by atoms with van der Waals surface area (Å²) < 4.78 is 10.6. The number of carbonyl (C=O) groups is 1. The smallest absolute Gasteiger partial charge is 0.231 e. The van der Waals surface area contributed by atoms with E-state index >= 15 is 0 Å². The number of carbonyl (C=O) groups excluding carboxylic acids is 1. The number of aromatic nitrogens is 1. The number of benzene rings is 1. The average molecular weight is 349 g/mol. The first kappa shape index (κ1) is 17.0. The Hall–Kier alpha value is -1.85. The van der Waals surface area contributed by atoms with E-state index in [1.165, 1.54) is 0 Å². The molecule has 0 spiro atoms. The first-order valence-electron chi connectivity index (χ1n) is 8.07. The van der Waals surface area contributed by atoms with E-state index in [2.05, 4.69) is 10.5 Å². The molecule has 1 amide bonds. The first-order chi connectivity index (χ1) is 11.5. The molecule has 0 aliphatic carbocycles. The van der Waals surface area contributed by atoms with Crippen molar-refractivity contribution in [2.45, 2.75) is 38.6 Å². The van der Waals surface area contributed by atoms with Crippen molar-refractivity contribution in [2.24, 2.45) is 0 Å². The molecule has 1 aliphatic rings. The zero-order chi connectivity index (χ0) is 17.2. The molecule has 2 aromatic rings. The third-order valence-electron chi connectivity index (χ3n) is 4.78. The zero-order valence-electron chi connectivity index (χ0n) is 13.9. The molecule has 0 bridgehead atoms. The van der Waals surface area contributed by atoms with Gasteiger partial charge in [-0.1, -0.05) is 35.0 Å². The molecule has 2 heterocycles. The van der Waals surface area contributed by atoms with Gasteiger partial charge in [-0.2, -0.15) is 0 Å². The fourth-order valence-electron chi connectivity index (χ4n) is 3.28. The van der Waals surface area contributed by atoms with E-state index in [9.17, 15) is 4.79 Å². The van der Waals surface area contributed by atoms with Crippen LogP contribution in [0.4, 0.5) is 0 Å². The predicted molar refractivity (Wildman–Crippen MR) is 91.0 cm³/mol. The Morgan fingerprint density at radius 2 is 2.00 bits per heavy atom. The van der Waals surface area contributed by atoms with Gasteiger partial charge in [0, 0.05) is 30.3 Å². The summed E-state index contributed by atoms with van der Waals surface area (Å²) in [5, 5.41) is 7.60. The number of hydrogen-bond donors (Lipinski definition) is 1. The molecule has 0 radical (unpaired) electrons. The van der Waals surface area contributed by atoms with Crippen LogP contribution in [0.25, 0.3) is 0 Å². The molecule has 24 heavy (non-hydrogen) atoms. The van der Waals surface area contributed by atoms with Crippen LogP contribution >= 0.6 is 11.6 Å². The van der Waals surface area contributed by atoms with Crippen molar-refractivity contribution in [3.05, 3.63) is 51.9 Å². The van der Waals surface area contributed by atoms with Crippen LogP contribution in [0.3, 0.4) is 0 Å². The first-order valence-corrected chi connectivity index (χ1v) is 8.45. The van der Waals surface area contributed by atoms with E-state index in [1.54, 1.807) is 0 Å². The highest BCUT2D eigenvalue weighted by Crippen LogP contribution is 2.39. The summed E-state index contributed by atoms with van der Waals surface area (Å²) in [7, 11) is 0. The van der Waals surface area contributed by atoms with Crippen molar-refractivity contribution in [1.29, 1.82) is 0 Å². The molecule has 1 saturated heterocycles. The molecule has 0 unspecified atom stereocenters. The van der Waals surface area contributed by atoms with Gasteiger partial charge in [0.2, 0.25) is 5.91 Å². The highest BCUT2D eigenvalue weighted by Gasteiger charge is 2.42. The maximum Gasteiger partial charge on any atom is 0.231 e. The van der Waals surface area contributed by atoms with E-state index in [1.807, 2.05) is 38.1 Å². The van der Waals surface area contributed by atoms with Gasteiger partial charge in [-0.05, 0) is 38.3 Å². The summed E-state index contributed by atoms with van der Waals surface area (Å²) in [4.78, 5) is 13.1. The largest absolute Gasteiger partial charge is 0.381 e. The highest BCUT2D eigenvalue weighted by atomic mass is 35.5. The third-order valence-corrected chi connectivity index (χ3v) is 5.11. The number of hydrogen-bond acceptors (Lipinski definition) is 4. The van der Waals surface area contributed by atoms with Gasteiger partial charge in [0.05, 0.1) is 11.1 Å². The topological polar surface area (TPSA) is 64.4 Å². The second-order valence-electron chi connectivity index (χ2n) is 6.16. The Labute approximate surface area is 146 Å². The second-order valence-corrected chi connectivity index (χ2v) is 6.57. The summed E-state index contributed by atoms with van der Waals surface area (Å²) in [5.41, 5.74) is 1.93. The highest BCUT2D eigenvalue weighted by molar-refractivity contribution is 6.31. The fourth-order valence-corrected chi connectivity index (χ4v) is 3.60. The van der Waals surface area contributed by atoms with Gasteiger partial charge >= 0.3 is 0 Å². The van der Waals surface area contributed by atoms with Gasteiger partial charge in [0.15, 0.2) is 0 Å². The summed E-state index contributed by atoms with van der Waals surface area (Å²) >= 11 is 6.40. The van der Waals surface area contributed by atoms with Gasteiger partial charge in [0.1, 0.15) is 5.76 Å². The summed E-state index contributed by atoms with van der Waals surface area (Å²) in [5.74, 6) is 0.700. The van der Waals surface area contributed by atoms with Crippen molar-refractivity contribution in [2.75, 3.05) is 13.2 Å². The molecule has 1 aromatic heterocycles. The number of nitrogens with zero attached hydrogens (tertiary/aromatic N) is 1. The van der Waals surface area contributed by atoms with Crippen LogP contribution in [-0.4, -0.2) is 24.3 Å². The lowest BCUT2D eigenvalue weighted by atomic mass is 9.73. The lowest BCUT2D eigenvalue weighted by Crippen LogP contribution is -2.48. The molecule has 6 heteroatoms. The summed E-state index contributed by atoms with van der Waals surface area (Å²) in [6.45, 7) is 5.21. The molecular formula is C18H21ClN2O3. The molecule has 5 nitrogen and oxygen atoms in total. The van der Waals surface area contributed by atoms with Crippen molar-refractivity contribution >= 4 is 17.5 Å². The van der Waals surface area contributed by atoms with Gasteiger partial charge in [-0.15, -0.1) is 0 Å². The molecular weight excluding hydrogens is 328 g/mol. The van der Waals surface area contributed by atoms with E-state index in [-0.39, 0.29) is 5.91 Å². The number of halogens is 1. The van der Waals surface area contributed by atoms with Crippen LogP contribution in [0.2, 0.25) is 5.02 Å². The minimum absolute atomic E-state index is 0.0288. The quantitative estimate of drug-likeness (QED) is 0.920. The Balaban J connectivity index is 1.86. The lowest BCUT2D eigenvalue weighted by Gasteiger charge is -2.36. The normalized spacial score (nSPS) is 16.8. The van der Waals surface area contributed by atoms with Crippen LogP contribution in [0.15, 0.2) is 28.8 Å². The van der Waals surface area contributed by atoms with Gasteiger partial charge in [-0.25, -0.2) is 0 Å². The average Bonchev–Trinajstić information content (AvgIpc) is 2.92. The Bertz CT molecular complexity index is 716. The van der Waals surface area contributed by atoms with Crippen LogP contribution < -0.4 is 5.32 Å². The summed E-state index contributed by atoms with van der Waals surface area (Å²) in [6, 6.07) is 7.55. The number of aryl methyl sites for hydroxylation is 2. The maximum atomic E-state index is 13.1. The number of ether oxygens (including phenoxy) is 1. The van der Waals surface area contributed by atoms with Crippen LogP contribution in [0.5, 0.6) is 0 Å². The van der Waals surface area contributed by atoms with E-state index in [0.717, 1.165) is 22.6 Å². The Morgan fingerprint density at radius 3 is 2.62 bits per heavy atom. The minimum atomic E-state index is -0.657. The maximum absolute atomic E-state index is 13.1. The lowest BCUT2D eigenvalue weighted by molar-refractivity contribution is -0.130. The number of amides is 1. The minimum Gasteiger partial charge on any atom is -0.381 e. The summed E-state index contributed by atoms with van der Waals surface area (Å²) in [6.07, 6.45) is 1.23. The monoisotopic (exact) mass is 348 g/mol. The fraction of sp³-hybridized carbons (Fsp3) is 0.444. The van der Waals surface area contributed by atoms with E-state index < -0.39 is 5.41 Å². The molecule has 1 aromatic carbocycles. The standard InChI is InChI=1S/C18H21ClN2O3/c1-12-14(13(2)24-21-12)11-20-17(22)18(7-9-23-10-8-18)15-5-3-4-6-16(15)19/h3-6H,7-11H2,1-2H3,(H,20,22). The molecule has 3 rings (SSSR count). The molecule has 128 valence electrons. The van der Waals surface area contributed by atoms with Crippen molar-refractivity contribution in [1.82, 2.24) is 10.5 Å². The van der Waals surface area contributed by atoms with Crippen molar-refractivity contribution < 1.29 is 14.1 Å². The molecule has 1 N–H and O–H groups in total. The predicted octanol–water partition coefficient (Wildman–Crippen LogP) is 3.31. The van der Waals surface area contributed by atoms with Gasteiger partial charge < -0.3 is 14.6 Å². The Morgan fingerprint density at radius 1 is 1.29 bits per heavy atom. The van der Waals surface area contributed by atoms with Gasteiger partial charge in [-0.3, -0.25) is 4.79 Å². The van der Waals surface area contributed by atoms with E-state index in [4.69, 9.17) is 20.9 Å². The van der Waals surface area contributed by atoms with Crippen LogP contribution in [0, 0.1) is 13.8 Å². The molecule has 0 atom stereocenters.